The van der Waals surface area contributed by atoms with Crippen LogP contribution in [-0.4, -0.2) is 60.3 Å². The predicted molar refractivity (Wildman–Crippen MR) is 77.6 cm³/mol. The first kappa shape index (κ1) is 15.4. The molecule has 4 nitrogen and oxygen atoms in total. The van der Waals surface area contributed by atoms with Crippen molar-refractivity contribution in [3.8, 4) is 0 Å². The highest BCUT2D eigenvalue weighted by atomic mass is 16.6. The molecule has 0 aromatic rings. The average Bonchev–Trinajstić information content (AvgIpc) is 2.13. The number of hydrogen-bond donors (Lipinski definition) is 0. The van der Waals surface area contributed by atoms with Gasteiger partial charge in [-0.1, -0.05) is 0 Å². The van der Waals surface area contributed by atoms with E-state index in [1.807, 2.05) is 25.7 Å². The fraction of sp³-hybridized carbons (Fsp3) is 0.923. The highest BCUT2D eigenvalue weighted by Gasteiger charge is 2.26. The van der Waals surface area contributed by atoms with E-state index in [1.54, 1.807) is 0 Å². The topological polar surface area (TPSA) is 32.8 Å². The van der Waals surface area contributed by atoms with Crippen LogP contribution in [0.15, 0.2) is 0 Å². The Kier molecular flexibility index (Phi) is 4.70. The predicted octanol–water partition coefficient (Wildman–Crippen LogP) is 2.42. The van der Waals surface area contributed by atoms with E-state index >= 15 is 0 Å². The smallest absolute Gasteiger partial charge is 0.410 e. The first-order valence-electron chi connectivity index (χ1n) is 7.06. The van der Waals surface area contributed by atoms with Gasteiger partial charge in [0.2, 0.25) is 0 Å². The van der Waals surface area contributed by atoms with Crippen molar-refractivity contribution in [2.24, 2.45) is 0 Å². The summed E-state index contributed by atoms with van der Waals surface area (Å²) in [5, 5.41) is 0. The largest absolute Gasteiger partial charge is 0.444 e. The Balaban J connectivity index is 2.37. The molecule has 0 atom stereocenters. The molecule has 1 amide bonds. The summed E-state index contributed by atoms with van der Waals surface area (Å²) < 4.78 is 5.39. The van der Waals surface area contributed by atoms with Crippen LogP contribution in [0.2, 0.25) is 20.5 Å². The Morgan fingerprint density at radius 2 is 1.61 bits per heavy atom. The van der Waals surface area contributed by atoms with Crippen molar-refractivity contribution in [2.75, 3.05) is 32.6 Å². The number of hydrogen-bond acceptors (Lipinski definition) is 3. The van der Waals surface area contributed by atoms with Crippen LogP contribution in [0.4, 0.5) is 4.79 Å². The summed E-state index contributed by atoms with van der Waals surface area (Å²) in [6.07, 6.45) is 0.668. The minimum Gasteiger partial charge on any atom is -0.444 e. The molecular weight excluding hydrogens is 227 g/mol. The van der Waals surface area contributed by atoms with Crippen LogP contribution in [0, 0.1) is 0 Å². The van der Waals surface area contributed by atoms with Gasteiger partial charge in [-0.05, 0) is 20.8 Å². The number of amides is 1. The Hall–Kier alpha value is -0.705. The van der Waals surface area contributed by atoms with Gasteiger partial charge in [-0.2, -0.15) is 20.5 Å². The molecule has 1 saturated heterocycles. The van der Waals surface area contributed by atoms with Crippen molar-refractivity contribution in [1.82, 2.24) is 9.80 Å². The van der Waals surface area contributed by atoms with Crippen molar-refractivity contribution >= 4 is 12.2 Å². The molecule has 106 valence electrons. The van der Waals surface area contributed by atoms with E-state index in [2.05, 4.69) is 25.4 Å². The summed E-state index contributed by atoms with van der Waals surface area (Å²) in [5.41, 5.74) is -0.400. The molecule has 0 aromatic heterocycles. The summed E-state index contributed by atoms with van der Waals surface area (Å²) in [5.74, 6) is 0. The van der Waals surface area contributed by atoms with Gasteiger partial charge in [-0.3, -0.25) is 0 Å². The highest BCUT2D eigenvalue weighted by Crippen LogP contribution is 2.13. The Morgan fingerprint density at radius 3 is 2.00 bits per heavy atom. The first-order chi connectivity index (χ1) is 8.07. The molecule has 1 heterocycles. The van der Waals surface area contributed by atoms with Crippen molar-refractivity contribution in [1.29, 1.82) is 0 Å². The molecule has 0 spiro atoms. The van der Waals surface area contributed by atoms with Crippen LogP contribution in [0.3, 0.4) is 0 Å². The number of carbonyl (C=O) groups excluding carboxylic acids is 1. The van der Waals surface area contributed by atoms with Crippen LogP contribution >= 0.6 is 0 Å². The monoisotopic (exact) mass is 255 g/mol. The van der Waals surface area contributed by atoms with Crippen LogP contribution < -0.4 is 0 Å². The normalized spacial score (nSPS) is 18.9. The quantitative estimate of drug-likeness (QED) is 0.710. The van der Waals surface area contributed by atoms with Gasteiger partial charge in [0.1, 0.15) is 5.60 Å². The second-order valence-electron chi connectivity index (χ2n) is 7.72. The molecule has 0 unspecified atom stereocenters. The third kappa shape index (κ3) is 5.76. The summed E-state index contributed by atoms with van der Waals surface area (Å²) in [7, 11) is 0. The summed E-state index contributed by atoms with van der Waals surface area (Å²) in [6.45, 7) is 16.1. The standard InChI is InChI=1S/C13H28BN2O2/c1-13(2,3)18-12(17)16-9-7-15(8-10-16)11-14(4,5)6/h7-11H2,1-6H3/q-1. The molecule has 18 heavy (non-hydrogen) atoms. The van der Waals surface area contributed by atoms with E-state index in [0.717, 1.165) is 32.6 Å². The van der Waals surface area contributed by atoms with Crippen molar-refractivity contribution in [3.63, 3.8) is 0 Å². The zero-order chi connectivity index (χ0) is 14.0. The molecular formula is C13H28BN2O2-. The first-order valence-corrected chi connectivity index (χ1v) is 7.06. The number of ether oxygens (including phenoxy) is 1. The van der Waals surface area contributed by atoms with Crippen molar-refractivity contribution < 1.29 is 9.53 Å². The van der Waals surface area contributed by atoms with Gasteiger partial charge in [0.15, 0.2) is 0 Å². The highest BCUT2D eigenvalue weighted by molar-refractivity contribution is 6.76. The number of nitrogens with zero attached hydrogens (tertiary/aromatic N) is 2. The number of carbonyl (C=O) groups is 1. The zero-order valence-corrected chi connectivity index (χ0v) is 12.8. The lowest BCUT2D eigenvalue weighted by molar-refractivity contribution is 0.0157. The van der Waals surface area contributed by atoms with Gasteiger partial charge in [0, 0.05) is 32.3 Å². The maximum absolute atomic E-state index is 11.9. The summed E-state index contributed by atoms with van der Waals surface area (Å²) in [6, 6.07) is 0. The van der Waals surface area contributed by atoms with Crippen LogP contribution in [-0.2, 0) is 4.74 Å². The molecule has 0 N–H and O–H groups in total. The van der Waals surface area contributed by atoms with Gasteiger partial charge >= 0.3 is 6.09 Å². The molecule has 0 radical (unpaired) electrons. The maximum Gasteiger partial charge on any atom is 0.410 e. The second kappa shape index (κ2) is 5.51. The molecule has 1 aliphatic rings. The maximum atomic E-state index is 11.9. The number of piperazine rings is 1. The Morgan fingerprint density at radius 1 is 1.11 bits per heavy atom. The molecule has 1 aliphatic heterocycles. The minimum atomic E-state index is -0.400. The molecule has 0 bridgehead atoms. The average molecular weight is 255 g/mol. The molecule has 5 heteroatoms. The third-order valence-corrected chi connectivity index (χ3v) is 2.83. The van der Waals surface area contributed by atoms with Crippen LogP contribution in [0.5, 0.6) is 0 Å². The molecule has 1 fully saturated rings. The Bertz CT molecular complexity index is 286. The van der Waals surface area contributed by atoms with Gasteiger partial charge < -0.3 is 14.5 Å². The fourth-order valence-electron chi connectivity index (χ4n) is 2.21. The van der Waals surface area contributed by atoms with E-state index in [-0.39, 0.29) is 12.2 Å². The zero-order valence-electron chi connectivity index (χ0n) is 12.8. The van der Waals surface area contributed by atoms with Crippen LogP contribution in [0.25, 0.3) is 0 Å². The minimum absolute atomic E-state index is 0.177. The number of rotatable bonds is 2. The van der Waals surface area contributed by atoms with E-state index in [4.69, 9.17) is 4.74 Å². The summed E-state index contributed by atoms with van der Waals surface area (Å²) >= 11 is 0. The van der Waals surface area contributed by atoms with Gasteiger partial charge in [-0.25, -0.2) is 4.79 Å². The molecule has 0 saturated carbocycles. The lowest BCUT2D eigenvalue weighted by Gasteiger charge is -2.40. The van der Waals surface area contributed by atoms with Crippen LogP contribution in [0.1, 0.15) is 20.8 Å². The summed E-state index contributed by atoms with van der Waals surface area (Å²) in [4.78, 5) is 16.2. The second-order valence-corrected chi connectivity index (χ2v) is 7.72. The van der Waals surface area contributed by atoms with Gasteiger partial charge in [0.05, 0.1) is 0 Å². The molecule has 0 aliphatic carbocycles. The van der Waals surface area contributed by atoms with E-state index in [1.165, 1.54) is 0 Å². The van der Waals surface area contributed by atoms with Crippen molar-refractivity contribution in [3.05, 3.63) is 0 Å². The third-order valence-electron chi connectivity index (χ3n) is 2.83. The Labute approximate surface area is 112 Å². The van der Waals surface area contributed by atoms with E-state index in [9.17, 15) is 4.79 Å². The van der Waals surface area contributed by atoms with E-state index < -0.39 is 5.60 Å². The van der Waals surface area contributed by atoms with E-state index in [0.29, 0.717) is 0 Å². The fourth-order valence-corrected chi connectivity index (χ4v) is 2.21. The lowest BCUT2D eigenvalue weighted by atomic mass is 9.30. The molecule has 0 aromatic carbocycles. The van der Waals surface area contributed by atoms with Gasteiger partial charge in [0.25, 0.3) is 0 Å². The van der Waals surface area contributed by atoms with Crippen molar-refractivity contribution in [2.45, 2.75) is 46.8 Å². The van der Waals surface area contributed by atoms with Gasteiger partial charge in [-0.15, -0.1) is 6.44 Å². The molecule has 1 rings (SSSR count). The SMILES string of the molecule is C[B-](C)(C)CN1CCN(C(=O)OC(C)(C)C)CC1. The lowest BCUT2D eigenvalue weighted by Crippen LogP contribution is -2.53.